The first-order valence-electron chi connectivity index (χ1n) is 8.40. The molecule has 6 nitrogen and oxygen atoms in total. The van der Waals surface area contributed by atoms with E-state index >= 15 is 0 Å². The summed E-state index contributed by atoms with van der Waals surface area (Å²) in [7, 11) is 2.15. The summed E-state index contributed by atoms with van der Waals surface area (Å²) in [6.45, 7) is 11.2. The Kier molecular flexibility index (Phi) is 4.49. The summed E-state index contributed by atoms with van der Waals surface area (Å²) in [6.07, 6.45) is 3.82. The van der Waals surface area contributed by atoms with Crippen molar-refractivity contribution in [1.82, 2.24) is 25.1 Å². The molecule has 0 unspecified atom stereocenters. The molecule has 128 valence electrons. The van der Waals surface area contributed by atoms with Crippen LogP contribution in [-0.2, 0) is 12.0 Å². The molecule has 0 aromatic carbocycles. The van der Waals surface area contributed by atoms with E-state index in [9.17, 15) is 0 Å². The van der Waals surface area contributed by atoms with Crippen molar-refractivity contribution in [2.24, 2.45) is 0 Å². The molecule has 3 heterocycles. The first-order valence-corrected chi connectivity index (χ1v) is 8.40. The van der Waals surface area contributed by atoms with E-state index in [0.717, 1.165) is 42.5 Å². The molecular weight excluding hydrogens is 300 g/mol. The summed E-state index contributed by atoms with van der Waals surface area (Å²) < 4.78 is 0. The molecule has 1 saturated heterocycles. The second kappa shape index (κ2) is 6.43. The summed E-state index contributed by atoms with van der Waals surface area (Å²) in [6, 6.07) is 4.69. The normalized spacial score (nSPS) is 15.7. The Morgan fingerprint density at radius 3 is 2.33 bits per heavy atom. The van der Waals surface area contributed by atoms with Gasteiger partial charge < -0.3 is 4.90 Å². The van der Waals surface area contributed by atoms with E-state index in [4.69, 9.17) is 0 Å². The van der Waals surface area contributed by atoms with Gasteiger partial charge in [-0.3, -0.25) is 4.90 Å². The Labute approximate surface area is 143 Å². The average molecular weight is 326 g/mol. The Hall–Kier alpha value is -2.08. The third kappa shape index (κ3) is 3.70. The van der Waals surface area contributed by atoms with Crippen molar-refractivity contribution in [2.45, 2.75) is 45.7 Å². The van der Waals surface area contributed by atoms with Crippen molar-refractivity contribution in [3.05, 3.63) is 41.6 Å². The molecule has 0 radical (unpaired) electrons. The lowest BCUT2D eigenvalue weighted by Gasteiger charge is -2.44. The highest BCUT2D eigenvalue weighted by Gasteiger charge is 2.31. The second-order valence-electron chi connectivity index (χ2n) is 7.64. The summed E-state index contributed by atoms with van der Waals surface area (Å²) in [5.74, 6) is 1.78. The number of hydrogen-bond acceptors (Lipinski definition) is 6. The minimum atomic E-state index is 0.0410. The summed E-state index contributed by atoms with van der Waals surface area (Å²) in [5, 5.41) is 8.77. The molecule has 2 aromatic heterocycles. The van der Waals surface area contributed by atoms with Crippen molar-refractivity contribution in [1.29, 1.82) is 0 Å². The summed E-state index contributed by atoms with van der Waals surface area (Å²) in [4.78, 5) is 13.1. The Morgan fingerprint density at radius 1 is 1.12 bits per heavy atom. The summed E-state index contributed by atoms with van der Waals surface area (Å²) in [5.41, 5.74) is 2.22. The number of nitrogens with zero attached hydrogens (tertiary/aromatic N) is 6. The standard InChI is InChI=1S/C18H26N6/c1-13-19-8-14(9-20-13)10-23(5)15-11-24(12-15)17-7-6-16(21-22-17)18(2,3)4/h6-9,15H,10-12H2,1-5H3. The van der Waals surface area contributed by atoms with Crippen molar-refractivity contribution in [3.8, 4) is 0 Å². The predicted octanol–water partition coefficient (Wildman–Crippen LogP) is 2.19. The van der Waals surface area contributed by atoms with Crippen LogP contribution in [-0.4, -0.2) is 51.2 Å². The van der Waals surface area contributed by atoms with Gasteiger partial charge in [-0.1, -0.05) is 20.8 Å². The minimum Gasteiger partial charge on any atom is -0.352 e. The van der Waals surface area contributed by atoms with Gasteiger partial charge in [-0.2, -0.15) is 5.10 Å². The van der Waals surface area contributed by atoms with E-state index in [0.29, 0.717) is 6.04 Å². The van der Waals surface area contributed by atoms with E-state index in [2.05, 4.69) is 69.9 Å². The van der Waals surface area contributed by atoms with E-state index in [1.54, 1.807) is 0 Å². The molecule has 0 N–H and O–H groups in total. The molecule has 2 aromatic rings. The van der Waals surface area contributed by atoms with Gasteiger partial charge in [-0.25, -0.2) is 9.97 Å². The zero-order valence-electron chi connectivity index (χ0n) is 15.2. The third-order valence-corrected chi connectivity index (χ3v) is 4.49. The maximum Gasteiger partial charge on any atom is 0.151 e. The van der Waals surface area contributed by atoms with Gasteiger partial charge in [0.2, 0.25) is 0 Å². The molecule has 24 heavy (non-hydrogen) atoms. The van der Waals surface area contributed by atoms with Crippen LogP contribution in [0.5, 0.6) is 0 Å². The van der Waals surface area contributed by atoms with Crippen LogP contribution in [0.15, 0.2) is 24.5 Å². The molecule has 0 bridgehead atoms. The monoisotopic (exact) mass is 326 g/mol. The molecule has 3 rings (SSSR count). The fourth-order valence-electron chi connectivity index (χ4n) is 2.73. The van der Waals surface area contributed by atoms with Crippen LogP contribution in [0.1, 0.15) is 37.9 Å². The second-order valence-corrected chi connectivity index (χ2v) is 7.64. The van der Waals surface area contributed by atoms with Crippen molar-refractivity contribution >= 4 is 5.82 Å². The van der Waals surface area contributed by atoms with Crippen LogP contribution in [0, 0.1) is 6.92 Å². The SMILES string of the molecule is Cc1ncc(CN(C)C2CN(c3ccc(C(C)(C)C)nn3)C2)cn1. The van der Waals surface area contributed by atoms with Gasteiger partial charge in [0.25, 0.3) is 0 Å². The highest BCUT2D eigenvalue weighted by molar-refractivity contribution is 5.42. The lowest BCUT2D eigenvalue weighted by atomic mass is 9.92. The Balaban J connectivity index is 1.54. The zero-order chi connectivity index (χ0) is 17.3. The number of rotatable bonds is 4. The molecule has 0 amide bonds. The smallest absolute Gasteiger partial charge is 0.151 e. The highest BCUT2D eigenvalue weighted by atomic mass is 15.4. The fraction of sp³-hybridized carbons (Fsp3) is 0.556. The van der Waals surface area contributed by atoms with E-state index in [-0.39, 0.29) is 5.41 Å². The first kappa shape index (κ1) is 16.8. The van der Waals surface area contributed by atoms with Crippen LogP contribution in [0.25, 0.3) is 0 Å². The molecule has 1 aliphatic heterocycles. The molecule has 1 aliphatic rings. The number of likely N-dealkylation sites (N-methyl/N-ethyl adjacent to an activating group) is 1. The lowest BCUT2D eigenvalue weighted by Crippen LogP contribution is -2.58. The number of aryl methyl sites for hydroxylation is 1. The molecule has 6 heteroatoms. The lowest BCUT2D eigenvalue weighted by molar-refractivity contribution is 0.196. The topological polar surface area (TPSA) is 58.0 Å². The van der Waals surface area contributed by atoms with Crippen LogP contribution in [0.2, 0.25) is 0 Å². The molecule has 0 atom stereocenters. The Bertz CT molecular complexity index is 668. The van der Waals surface area contributed by atoms with Gasteiger partial charge in [0, 0.05) is 49.0 Å². The predicted molar refractivity (Wildman–Crippen MR) is 95.0 cm³/mol. The zero-order valence-corrected chi connectivity index (χ0v) is 15.2. The van der Waals surface area contributed by atoms with Gasteiger partial charge in [0.05, 0.1) is 5.69 Å². The van der Waals surface area contributed by atoms with Crippen molar-refractivity contribution in [2.75, 3.05) is 25.0 Å². The number of anilines is 1. The molecule has 0 saturated carbocycles. The van der Waals surface area contributed by atoms with E-state index in [1.807, 2.05) is 19.3 Å². The summed E-state index contributed by atoms with van der Waals surface area (Å²) >= 11 is 0. The maximum atomic E-state index is 4.39. The number of hydrogen-bond donors (Lipinski definition) is 0. The van der Waals surface area contributed by atoms with Crippen molar-refractivity contribution in [3.63, 3.8) is 0 Å². The van der Waals surface area contributed by atoms with Crippen LogP contribution >= 0.6 is 0 Å². The fourth-order valence-corrected chi connectivity index (χ4v) is 2.73. The van der Waals surface area contributed by atoms with E-state index < -0.39 is 0 Å². The van der Waals surface area contributed by atoms with Gasteiger partial charge in [0.15, 0.2) is 5.82 Å². The van der Waals surface area contributed by atoms with Crippen LogP contribution < -0.4 is 4.90 Å². The molecule has 1 fully saturated rings. The molecular formula is C18H26N6. The van der Waals surface area contributed by atoms with Crippen LogP contribution in [0.4, 0.5) is 5.82 Å². The number of aromatic nitrogens is 4. The van der Waals surface area contributed by atoms with Gasteiger partial charge in [-0.15, -0.1) is 5.10 Å². The van der Waals surface area contributed by atoms with Crippen molar-refractivity contribution < 1.29 is 0 Å². The third-order valence-electron chi connectivity index (χ3n) is 4.49. The van der Waals surface area contributed by atoms with E-state index in [1.165, 1.54) is 0 Å². The average Bonchev–Trinajstić information content (AvgIpc) is 2.48. The highest BCUT2D eigenvalue weighted by Crippen LogP contribution is 2.24. The van der Waals surface area contributed by atoms with Gasteiger partial charge in [0.1, 0.15) is 5.82 Å². The molecule has 0 aliphatic carbocycles. The minimum absolute atomic E-state index is 0.0410. The Morgan fingerprint density at radius 2 is 1.79 bits per heavy atom. The van der Waals surface area contributed by atoms with Crippen LogP contribution in [0.3, 0.4) is 0 Å². The maximum absolute atomic E-state index is 4.39. The van der Waals surface area contributed by atoms with Gasteiger partial charge >= 0.3 is 0 Å². The quantitative estimate of drug-likeness (QED) is 0.858. The van der Waals surface area contributed by atoms with Gasteiger partial charge in [-0.05, 0) is 26.1 Å². The largest absolute Gasteiger partial charge is 0.352 e. The molecule has 0 spiro atoms. The first-order chi connectivity index (χ1) is 11.3.